The molecule has 1 atom stereocenters. The van der Waals surface area contributed by atoms with Crippen LogP contribution in [0.2, 0.25) is 5.02 Å². The quantitative estimate of drug-likeness (QED) is 0.489. The average molecular weight is 486 g/mol. The maximum absolute atomic E-state index is 13.4. The molecule has 3 aromatic rings. The number of halogens is 1. The van der Waals surface area contributed by atoms with Gasteiger partial charge in [0.15, 0.2) is 6.04 Å². The Bertz CT molecular complexity index is 1080. The zero-order valence-corrected chi connectivity index (χ0v) is 19.4. The van der Waals surface area contributed by atoms with Crippen molar-refractivity contribution in [1.29, 1.82) is 0 Å². The van der Waals surface area contributed by atoms with Gasteiger partial charge in [0.05, 0.1) is 17.7 Å². The van der Waals surface area contributed by atoms with Crippen molar-refractivity contribution < 1.29 is 18.8 Å². The summed E-state index contributed by atoms with van der Waals surface area (Å²) in [6, 6.07) is 12.5. The van der Waals surface area contributed by atoms with Crippen LogP contribution in [0.25, 0.3) is 0 Å². The molecule has 7 nitrogen and oxygen atoms in total. The Kier molecular flexibility index (Phi) is 7.47. The maximum Gasteiger partial charge on any atom is 0.261 e. The van der Waals surface area contributed by atoms with E-state index in [1.807, 2.05) is 0 Å². The Balaban J connectivity index is 1.63. The minimum atomic E-state index is -1.03. The number of amides is 3. The van der Waals surface area contributed by atoms with E-state index in [2.05, 4.69) is 10.6 Å². The zero-order chi connectivity index (χ0) is 23.2. The molecule has 2 N–H and O–H groups in total. The highest BCUT2D eigenvalue weighted by Crippen LogP contribution is 2.30. The molecule has 172 valence electrons. The van der Waals surface area contributed by atoms with Crippen LogP contribution in [-0.2, 0) is 9.59 Å². The Labute approximate surface area is 200 Å². The number of nitrogens with one attached hydrogen (secondary N) is 2. The van der Waals surface area contributed by atoms with Gasteiger partial charge in [0.2, 0.25) is 5.91 Å². The minimum absolute atomic E-state index is 0.0654. The maximum atomic E-state index is 13.4. The molecule has 0 bridgehead atoms. The van der Waals surface area contributed by atoms with Gasteiger partial charge in [-0.15, -0.1) is 11.3 Å². The summed E-state index contributed by atoms with van der Waals surface area (Å²) < 4.78 is 5.58. The normalized spacial score (nSPS) is 14.6. The van der Waals surface area contributed by atoms with Gasteiger partial charge in [0.25, 0.3) is 11.8 Å². The predicted octanol–water partition coefficient (Wildman–Crippen LogP) is 4.56. The van der Waals surface area contributed by atoms with Gasteiger partial charge >= 0.3 is 0 Å². The Hall–Kier alpha value is -3.10. The summed E-state index contributed by atoms with van der Waals surface area (Å²) in [6.07, 6.45) is 5.40. The van der Waals surface area contributed by atoms with Gasteiger partial charge in [0.1, 0.15) is 5.76 Å². The van der Waals surface area contributed by atoms with Gasteiger partial charge in [-0.2, -0.15) is 0 Å². The van der Waals surface area contributed by atoms with Crippen LogP contribution in [0.15, 0.2) is 64.6 Å². The number of thiophene rings is 1. The lowest BCUT2D eigenvalue weighted by atomic mass is 10.1. The van der Waals surface area contributed by atoms with E-state index in [1.165, 1.54) is 22.5 Å². The first kappa shape index (κ1) is 23.1. The monoisotopic (exact) mass is 485 g/mol. The molecular formula is C24H24ClN3O4S. The molecule has 0 saturated heterocycles. The largest absolute Gasteiger partial charge is 0.467 e. The van der Waals surface area contributed by atoms with Crippen LogP contribution in [-0.4, -0.2) is 30.3 Å². The number of hydrogen-bond donors (Lipinski definition) is 2. The van der Waals surface area contributed by atoms with E-state index in [-0.39, 0.29) is 24.4 Å². The van der Waals surface area contributed by atoms with Crippen molar-refractivity contribution in [3.8, 4) is 0 Å². The summed E-state index contributed by atoms with van der Waals surface area (Å²) in [6.45, 7) is -0.284. The van der Waals surface area contributed by atoms with Crippen molar-refractivity contribution in [2.24, 2.45) is 0 Å². The molecule has 1 saturated carbocycles. The lowest BCUT2D eigenvalue weighted by Crippen LogP contribution is -2.49. The predicted molar refractivity (Wildman–Crippen MR) is 127 cm³/mol. The second kappa shape index (κ2) is 10.7. The second-order valence-electron chi connectivity index (χ2n) is 7.81. The number of furan rings is 1. The SMILES string of the molecule is O=C(NCC(=O)N(c1ccc(Cl)cc1)[C@@H](C(=O)NC1CCCC1)c1ccco1)c1cccs1. The Morgan fingerprint density at radius 1 is 1.09 bits per heavy atom. The first-order valence-corrected chi connectivity index (χ1v) is 12.0. The number of benzene rings is 1. The van der Waals surface area contributed by atoms with Crippen molar-refractivity contribution in [1.82, 2.24) is 10.6 Å². The third kappa shape index (κ3) is 5.64. The molecule has 1 aromatic carbocycles. The van der Waals surface area contributed by atoms with Crippen molar-refractivity contribution in [2.45, 2.75) is 37.8 Å². The number of rotatable bonds is 8. The molecule has 4 rings (SSSR count). The molecule has 2 aromatic heterocycles. The number of carbonyl (C=O) groups excluding carboxylic acids is 3. The molecule has 9 heteroatoms. The third-order valence-electron chi connectivity index (χ3n) is 5.54. The molecule has 2 heterocycles. The third-order valence-corrected chi connectivity index (χ3v) is 6.66. The second-order valence-corrected chi connectivity index (χ2v) is 9.19. The summed E-state index contributed by atoms with van der Waals surface area (Å²) in [7, 11) is 0. The van der Waals surface area contributed by atoms with Gasteiger partial charge in [-0.3, -0.25) is 19.3 Å². The molecule has 0 aliphatic heterocycles. The van der Waals surface area contributed by atoms with E-state index in [4.69, 9.17) is 16.0 Å². The Morgan fingerprint density at radius 3 is 2.48 bits per heavy atom. The molecule has 3 amide bonds. The molecule has 33 heavy (non-hydrogen) atoms. The minimum Gasteiger partial charge on any atom is -0.467 e. The van der Waals surface area contributed by atoms with Gasteiger partial charge < -0.3 is 15.1 Å². The zero-order valence-electron chi connectivity index (χ0n) is 17.8. The van der Waals surface area contributed by atoms with Crippen LogP contribution in [0.4, 0.5) is 5.69 Å². The van der Waals surface area contributed by atoms with E-state index < -0.39 is 11.9 Å². The smallest absolute Gasteiger partial charge is 0.261 e. The highest BCUT2D eigenvalue weighted by atomic mass is 35.5. The van der Waals surface area contributed by atoms with Crippen molar-refractivity contribution in [3.63, 3.8) is 0 Å². The van der Waals surface area contributed by atoms with Crippen molar-refractivity contribution in [2.75, 3.05) is 11.4 Å². The van der Waals surface area contributed by atoms with E-state index in [9.17, 15) is 14.4 Å². The standard InChI is InChI=1S/C24H24ClN3O4S/c25-16-9-11-18(12-10-16)28(21(29)15-26-23(30)20-8-4-14-33-20)22(19-7-3-13-32-19)24(31)27-17-5-1-2-6-17/h3-4,7-14,17,22H,1-2,5-6,15H2,(H,26,30)(H,27,31)/t22-/m1/s1. The van der Waals surface area contributed by atoms with Crippen LogP contribution >= 0.6 is 22.9 Å². The summed E-state index contributed by atoms with van der Waals surface area (Å²) in [4.78, 5) is 41.1. The highest BCUT2D eigenvalue weighted by Gasteiger charge is 2.36. The molecule has 0 spiro atoms. The highest BCUT2D eigenvalue weighted by molar-refractivity contribution is 7.12. The lowest BCUT2D eigenvalue weighted by molar-refractivity contribution is -0.127. The first-order valence-electron chi connectivity index (χ1n) is 10.8. The van der Waals surface area contributed by atoms with Gasteiger partial charge in [-0.25, -0.2) is 0 Å². The Morgan fingerprint density at radius 2 is 1.85 bits per heavy atom. The van der Waals surface area contributed by atoms with Crippen LogP contribution in [0, 0.1) is 0 Å². The van der Waals surface area contributed by atoms with Crippen LogP contribution in [0.5, 0.6) is 0 Å². The van der Waals surface area contributed by atoms with Crippen molar-refractivity contribution in [3.05, 3.63) is 75.8 Å². The first-order chi connectivity index (χ1) is 16.0. The van der Waals surface area contributed by atoms with Gasteiger partial charge in [-0.1, -0.05) is 30.5 Å². The number of carbonyl (C=O) groups is 3. The van der Waals surface area contributed by atoms with Crippen LogP contribution < -0.4 is 15.5 Å². The van der Waals surface area contributed by atoms with E-state index >= 15 is 0 Å². The molecule has 0 radical (unpaired) electrons. The molecule has 1 aliphatic rings. The summed E-state index contributed by atoms with van der Waals surface area (Å²) in [5.41, 5.74) is 0.470. The average Bonchev–Trinajstić information content (AvgIpc) is 3.60. The number of nitrogens with zero attached hydrogens (tertiary/aromatic N) is 1. The molecule has 1 aliphatic carbocycles. The van der Waals surface area contributed by atoms with Crippen LogP contribution in [0.1, 0.15) is 47.2 Å². The number of hydrogen-bond acceptors (Lipinski definition) is 5. The lowest BCUT2D eigenvalue weighted by Gasteiger charge is -2.31. The van der Waals surface area contributed by atoms with Gasteiger partial charge in [-0.05, 0) is 60.7 Å². The fourth-order valence-corrected chi connectivity index (χ4v) is 4.71. The molecular weight excluding hydrogens is 462 g/mol. The summed E-state index contributed by atoms with van der Waals surface area (Å²) >= 11 is 7.34. The van der Waals surface area contributed by atoms with E-state index in [0.29, 0.717) is 21.3 Å². The summed E-state index contributed by atoms with van der Waals surface area (Å²) in [5, 5.41) is 8.01. The number of anilines is 1. The van der Waals surface area contributed by atoms with Gasteiger partial charge in [0, 0.05) is 16.8 Å². The fraction of sp³-hybridized carbons (Fsp3) is 0.292. The fourth-order valence-electron chi connectivity index (χ4n) is 3.95. The van der Waals surface area contributed by atoms with E-state index in [0.717, 1.165) is 25.7 Å². The van der Waals surface area contributed by atoms with Crippen molar-refractivity contribution >= 4 is 46.3 Å². The topological polar surface area (TPSA) is 91.7 Å². The van der Waals surface area contributed by atoms with Crippen LogP contribution in [0.3, 0.4) is 0 Å². The van der Waals surface area contributed by atoms with E-state index in [1.54, 1.807) is 53.9 Å². The molecule has 0 unspecified atom stereocenters. The molecule has 1 fully saturated rings. The summed E-state index contributed by atoms with van der Waals surface area (Å²) in [5.74, 6) is -0.798.